The van der Waals surface area contributed by atoms with E-state index < -0.39 is 35.7 Å². The third-order valence-corrected chi connectivity index (χ3v) is 8.65. The number of ether oxygens (including phenoxy) is 2. The summed E-state index contributed by atoms with van der Waals surface area (Å²) < 4.78 is 55.9. The number of likely N-dealkylation sites (tertiary alicyclic amines) is 1. The normalized spacial score (nSPS) is 22.1. The minimum atomic E-state index is -1.22. The van der Waals surface area contributed by atoms with Gasteiger partial charge in [-0.1, -0.05) is 11.6 Å². The first-order chi connectivity index (χ1) is 20.5. The highest BCUT2D eigenvalue weighted by molar-refractivity contribution is 6.34. The number of carbonyl (C=O) groups excluding carboxylic acids is 3. The molecule has 1 aliphatic heterocycles. The smallest absolute Gasteiger partial charge is 0.308 e. The first-order valence-corrected chi connectivity index (χ1v) is 14.6. The van der Waals surface area contributed by atoms with Crippen molar-refractivity contribution in [2.24, 2.45) is 13.0 Å². The molecule has 43 heavy (non-hydrogen) atoms. The Hall–Kier alpha value is -3.57. The van der Waals surface area contributed by atoms with Gasteiger partial charge in [0.25, 0.3) is 5.91 Å². The largest absolute Gasteiger partial charge is 0.469 e. The van der Waals surface area contributed by atoms with E-state index in [9.17, 15) is 23.2 Å². The Morgan fingerprint density at radius 1 is 1.09 bits per heavy atom. The van der Waals surface area contributed by atoms with Gasteiger partial charge in [-0.3, -0.25) is 14.4 Å². The third kappa shape index (κ3) is 6.83. The lowest BCUT2D eigenvalue weighted by atomic mass is 9.87. The van der Waals surface area contributed by atoms with Gasteiger partial charge < -0.3 is 24.3 Å². The van der Waals surface area contributed by atoms with E-state index in [1.165, 1.54) is 30.2 Å². The van der Waals surface area contributed by atoms with Crippen molar-refractivity contribution in [3.63, 3.8) is 0 Å². The molecule has 1 N–H and O–H groups in total. The lowest BCUT2D eigenvalue weighted by Crippen LogP contribution is -2.40. The number of aromatic nitrogens is 1. The standard InChI is InChI=1S/C31H33ClF3N3O5/c1-37-15-24(23-12-19(33)5-8-28(23)37)30(40)36-27-13-26(35)18(9-25(27)32)10-29(39)38-14-20(34)11-21(38)16-43-22-6-3-17(4-7-22)31(41)42-2/h5,8-9,12-13,15,17,20-22H,3-4,6-7,10-11,14,16H2,1-2H3,(H,36,40)/t17-,20-,21-,22-/m0/s1. The van der Waals surface area contributed by atoms with E-state index in [0.29, 0.717) is 36.6 Å². The summed E-state index contributed by atoms with van der Waals surface area (Å²) in [6.07, 6.45) is 2.63. The molecule has 8 nitrogen and oxygen atoms in total. The lowest BCUT2D eigenvalue weighted by Gasteiger charge is -2.30. The van der Waals surface area contributed by atoms with Crippen LogP contribution in [0.1, 0.15) is 48.0 Å². The van der Waals surface area contributed by atoms with Crippen LogP contribution in [0.5, 0.6) is 0 Å². The lowest BCUT2D eigenvalue weighted by molar-refractivity contribution is -0.148. The van der Waals surface area contributed by atoms with E-state index in [1.54, 1.807) is 23.9 Å². The monoisotopic (exact) mass is 619 g/mol. The number of methoxy groups -OCH3 is 1. The molecule has 1 aromatic heterocycles. The second kappa shape index (κ2) is 13.0. The van der Waals surface area contributed by atoms with Crippen molar-refractivity contribution in [3.05, 3.63) is 64.3 Å². The van der Waals surface area contributed by atoms with Crippen molar-refractivity contribution in [2.45, 2.75) is 56.8 Å². The number of esters is 1. The van der Waals surface area contributed by atoms with Gasteiger partial charge in [-0.15, -0.1) is 0 Å². The van der Waals surface area contributed by atoms with Crippen LogP contribution in [0.4, 0.5) is 18.9 Å². The molecular formula is C31H33ClF3N3O5. The van der Waals surface area contributed by atoms with E-state index in [2.05, 4.69) is 5.32 Å². The number of nitrogens with zero attached hydrogens (tertiary/aromatic N) is 2. The zero-order valence-corrected chi connectivity index (χ0v) is 24.6. The van der Waals surface area contributed by atoms with Crippen LogP contribution in [0.25, 0.3) is 10.9 Å². The number of aryl methyl sites for hydroxylation is 1. The average molecular weight is 620 g/mol. The number of hydrogen-bond donors (Lipinski definition) is 1. The highest BCUT2D eigenvalue weighted by Gasteiger charge is 2.37. The van der Waals surface area contributed by atoms with Crippen LogP contribution < -0.4 is 5.32 Å². The quantitative estimate of drug-likeness (QED) is 0.332. The van der Waals surface area contributed by atoms with Crippen molar-refractivity contribution in [2.75, 3.05) is 25.6 Å². The molecule has 1 saturated heterocycles. The van der Waals surface area contributed by atoms with E-state index >= 15 is 4.39 Å². The SMILES string of the molecule is COC(=O)[C@H]1CC[C@H](OC[C@@H]2C[C@H](F)CN2C(=O)Cc2cc(Cl)c(NC(=O)c3cn(C)c4ccc(F)cc34)cc2F)CC1. The molecule has 5 rings (SSSR count). The molecule has 2 fully saturated rings. The maximum Gasteiger partial charge on any atom is 0.308 e. The maximum atomic E-state index is 15.2. The molecule has 3 aromatic rings. The Balaban J connectivity index is 1.21. The molecule has 0 bridgehead atoms. The van der Waals surface area contributed by atoms with Crippen LogP contribution in [-0.2, 0) is 32.5 Å². The number of alkyl halides is 1. The topological polar surface area (TPSA) is 89.9 Å². The minimum Gasteiger partial charge on any atom is -0.469 e. The summed E-state index contributed by atoms with van der Waals surface area (Å²) in [5, 5.41) is 2.97. The molecule has 12 heteroatoms. The van der Waals surface area contributed by atoms with Gasteiger partial charge in [0.2, 0.25) is 5.91 Å². The average Bonchev–Trinajstić information content (AvgIpc) is 3.53. The van der Waals surface area contributed by atoms with E-state index in [4.69, 9.17) is 21.1 Å². The van der Waals surface area contributed by atoms with Gasteiger partial charge in [-0.2, -0.15) is 0 Å². The summed E-state index contributed by atoms with van der Waals surface area (Å²) in [6, 6.07) is 5.89. The van der Waals surface area contributed by atoms with Crippen molar-refractivity contribution >= 4 is 46.0 Å². The molecular weight excluding hydrogens is 587 g/mol. The summed E-state index contributed by atoms with van der Waals surface area (Å²) in [6.45, 7) is 0.0308. The van der Waals surface area contributed by atoms with Gasteiger partial charge >= 0.3 is 5.97 Å². The van der Waals surface area contributed by atoms with Crippen LogP contribution in [-0.4, -0.2) is 65.8 Å². The minimum absolute atomic E-state index is 0.00309. The van der Waals surface area contributed by atoms with Gasteiger partial charge in [0.05, 0.1) is 61.0 Å². The number of halogens is 4. The van der Waals surface area contributed by atoms with Crippen molar-refractivity contribution < 1.29 is 37.0 Å². The molecule has 0 spiro atoms. The van der Waals surface area contributed by atoms with Crippen molar-refractivity contribution in [1.82, 2.24) is 9.47 Å². The molecule has 2 heterocycles. The summed E-state index contributed by atoms with van der Waals surface area (Å²) in [4.78, 5) is 39.3. The van der Waals surface area contributed by atoms with Crippen LogP contribution in [0.3, 0.4) is 0 Å². The Bertz CT molecular complexity index is 1540. The number of carbonyl (C=O) groups is 3. The molecule has 230 valence electrons. The molecule has 0 radical (unpaired) electrons. The number of hydrogen-bond acceptors (Lipinski definition) is 5. The van der Waals surface area contributed by atoms with Gasteiger partial charge in [0, 0.05) is 30.6 Å². The van der Waals surface area contributed by atoms with Crippen molar-refractivity contribution in [3.8, 4) is 0 Å². The van der Waals surface area contributed by atoms with Gasteiger partial charge in [0.1, 0.15) is 17.8 Å². The zero-order chi connectivity index (χ0) is 30.8. The van der Waals surface area contributed by atoms with Gasteiger partial charge in [-0.25, -0.2) is 13.2 Å². The van der Waals surface area contributed by atoms with Crippen LogP contribution in [0.2, 0.25) is 5.02 Å². The summed E-state index contributed by atoms with van der Waals surface area (Å²) >= 11 is 6.37. The van der Waals surface area contributed by atoms with Crippen LogP contribution in [0.15, 0.2) is 36.5 Å². The first-order valence-electron chi connectivity index (χ1n) is 14.2. The Labute approximate surface area is 252 Å². The Morgan fingerprint density at radius 2 is 1.84 bits per heavy atom. The van der Waals surface area contributed by atoms with Crippen molar-refractivity contribution in [1.29, 1.82) is 0 Å². The highest BCUT2D eigenvalue weighted by Crippen LogP contribution is 2.31. The number of rotatable bonds is 8. The molecule has 0 unspecified atom stereocenters. The van der Waals surface area contributed by atoms with Gasteiger partial charge in [-0.05, 0) is 61.6 Å². The summed E-state index contributed by atoms with van der Waals surface area (Å²) in [7, 11) is 3.09. The molecule has 2 aromatic carbocycles. The second-order valence-corrected chi connectivity index (χ2v) is 11.6. The van der Waals surface area contributed by atoms with E-state index in [0.717, 1.165) is 6.07 Å². The number of fused-ring (bicyclic) bond motifs is 1. The molecule has 2 aliphatic rings. The fraction of sp³-hybridized carbons (Fsp3) is 0.452. The van der Waals surface area contributed by atoms with E-state index in [1.807, 2.05) is 0 Å². The second-order valence-electron chi connectivity index (χ2n) is 11.2. The maximum absolute atomic E-state index is 15.2. The summed E-state index contributed by atoms with van der Waals surface area (Å²) in [5.41, 5.74) is 0.826. The number of amides is 2. The highest BCUT2D eigenvalue weighted by atomic mass is 35.5. The first kappa shape index (κ1) is 30.9. The Kier molecular flexibility index (Phi) is 9.31. The zero-order valence-electron chi connectivity index (χ0n) is 23.9. The van der Waals surface area contributed by atoms with Gasteiger partial charge in [0.15, 0.2) is 0 Å². The molecule has 2 amide bonds. The molecule has 2 atom stereocenters. The predicted molar refractivity (Wildman–Crippen MR) is 155 cm³/mol. The third-order valence-electron chi connectivity index (χ3n) is 8.34. The summed E-state index contributed by atoms with van der Waals surface area (Å²) in [5.74, 6) is -2.70. The van der Waals surface area contributed by atoms with Crippen LogP contribution in [0, 0.1) is 17.6 Å². The van der Waals surface area contributed by atoms with E-state index in [-0.39, 0.29) is 65.8 Å². The van der Waals surface area contributed by atoms with Crippen LogP contribution >= 0.6 is 11.6 Å². The number of nitrogens with one attached hydrogen (secondary N) is 1. The molecule has 1 aliphatic carbocycles. The number of benzene rings is 2. The fourth-order valence-electron chi connectivity index (χ4n) is 6.02. The fourth-order valence-corrected chi connectivity index (χ4v) is 6.25. The number of anilines is 1. The predicted octanol–water partition coefficient (Wildman–Crippen LogP) is 5.59. The Morgan fingerprint density at radius 3 is 2.56 bits per heavy atom. The molecule has 1 saturated carbocycles.